The number of hydrogen-bond acceptors (Lipinski definition) is 2. The molecule has 0 aliphatic heterocycles. The van der Waals surface area contributed by atoms with Crippen molar-refractivity contribution in [2.24, 2.45) is 0 Å². The van der Waals surface area contributed by atoms with Crippen LogP contribution >= 0.6 is 15.9 Å². The number of allylic oxidation sites excluding steroid dienone is 3. The van der Waals surface area contributed by atoms with Gasteiger partial charge in [0.1, 0.15) is 5.82 Å². The topological polar surface area (TPSA) is 38.9 Å². The summed E-state index contributed by atoms with van der Waals surface area (Å²) >= 11 is 3.46. The second kappa shape index (κ2) is 6.01. The van der Waals surface area contributed by atoms with Gasteiger partial charge < -0.3 is 5.73 Å². The molecule has 0 radical (unpaired) electrons. The van der Waals surface area contributed by atoms with Crippen LogP contribution < -0.4 is 5.73 Å². The van der Waals surface area contributed by atoms with Crippen LogP contribution in [0, 0.1) is 6.92 Å². The largest absolute Gasteiger partial charge is 0.383 e. The number of aryl methyl sites for hydroxylation is 1. The first kappa shape index (κ1) is 14.0. The van der Waals surface area contributed by atoms with Gasteiger partial charge in [0.25, 0.3) is 0 Å². The van der Waals surface area contributed by atoms with Gasteiger partial charge in [0, 0.05) is 17.1 Å². The van der Waals surface area contributed by atoms with Gasteiger partial charge in [0.15, 0.2) is 0 Å². The maximum Gasteiger partial charge on any atom is 0.131 e. The molecule has 1 aromatic rings. The molecule has 0 atom stereocenters. The van der Waals surface area contributed by atoms with E-state index in [0.717, 1.165) is 34.0 Å². The number of alkyl halides is 1. The lowest BCUT2D eigenvalue weighted by Crippen LogP contribution is -2.02. The highest BCUT2D eigenvalue weighted by molar-refractivity contribution is 9.09. The molecule has 0 aliphatic rings. The van der Waals surface area contributed by atoms with Gasteiger partial charge in [-0.05, 0) is 43.0 Å². The van der Waals surface area contributed by atoms with Crippen LogP contribution in [0.3, 0.4) is 0 Å². The van der Waals surface area contributed by atoms with E-state index in [9.17, 15) is 0 Å². The van der Waals surface area contributed by atoms with Gasteiger partial charge in [0.2, 0.25) is 0 Å². The van der Waals surface area contributed by atoms with Crippen molar-refractivity contribution in [2.45, 2.75) is 27.2 Å². The fraction of sp³-hybridized carbons (Fsp3) is 0.357. The highest BCUT2D eigenvalue weighted by atomic mass is 79.9. The van der Waals surface area contributed by atoms with Crippen LogP contribution in [-0.4, -0.2) is 10.3 Å². The molecule has 0 aliphatic carbocycles. The first-order valence-corrected chi connectivity index (χ1v) is 6.79. The van der Waals surface area contributed by atoms with Gasteiger partial charge in [-0.15, -0.1) is 0 Å². The highest BCUT2D eigenvalue weighted by Gasteiger charge is 2.12. The highest BCUT2D eigenvalue weighted by Crippen LogP contribution is 2.31. The number of pyridine rings is 1. The molecule has 17 heavy (non-hydrogen) atoms. The third-order valence-corrected chi connectivity index (χ3v) is 3.47. The van der Waals surface area contributed by atoms with Crippen molar-refractivity contribution in [1.82, 2.24) is 4.98 Å². The molecule has 2 N–H and O–H groups in total. The molecule has 1 aromatic heterocycles. The number of halogens is 1. The Balaban J connectivity index is 3.43. The number of aromatic nitrogens is 1. The second-order valence-electron chi connectivity index (χ2n) is 4.19. The summed E-state index contributed by atoms with van der Waals surface area (Å²) in [4.78, 5) is 4.22. The summed E-state index contributed by atoms with van der Waals surface area (Å²) < 4.78 is 0. The Labute approximate surface area is 112 Å². The first-order chi connectivity index (χ1) is 8.01. The Morgan fingerprint density at radius 1 is 1.53 bits per heavy atom. The summed E-state index contributed by atoms with van der Waals surface area (Å²) in [6.45, 7) is 10.4. The minimum atomic E-state index is 0.570. The van der Waals surface area contributed by atoms with Gasteiger partial charge in [-0.1, -0.05) is 35.0 Å². The van der Waals surface area contributed by atoms with Gasteiger partial charge in [-0.25, -0.2) is 4.98 Å². The van der Waals surface area contributed by atoms with Crippen molar-refractivity contribution in [3.8, 4) is 0 Å². The van der Waals surface area contributed by atoms with Crippen LogP contribution in [0.25, 0.3) is 5.57 Å². The first-order valence-electron chi connectivity index (χ1n) is 5.67. The maximum atomic E-state index is 5.97. The number of anilines is 1. The number of nitrogens with zero attached hydrogens (tertiary/aromatic N) is 1. The Bertz CT molecular complexity index is 461. The second-order valence-corrected chi connectivity index (χ2v) is 4.75. The lowest BCUT2D eigenvalue weighted by Gasteiger charge is -2.15. The predicted octanol–water partition coefficient (Wildman–Crippen LogP) is 4.11. The number of nitrogens with two attached hydrogens (primary N) is 1. The molecule has 0 unspecified atom stereocenters. The van der Waals surface area contributed by atoms with Crippen LogP contribution in [0.15, 0.2) is 30.0 Å². The molecular formula is C14H19BrN2. The molecule has 0 saturated heterocycles. The molecule has 0 amide bonds. The lowest BCUT2D eigenvalue weighted by molar-refractivity contribution is 1.10. The van der Waals surface area contributed by atoms with E-state index < -0.39 is 0 Å². The van der Waals surface area contributed by atoms with E-state index in [1.165, 1.54) is 5.57 Å². The van der Waals surface area contributed by atoms with Crippen LogP contribution in [0.2, 0.25) is 0 Å². The molecule has 0 aromatic carbocycles. The molecule has 0 fully saturated rings. The predicted molar refractivity (Wildman–Crippen MR) is 79.2 cm³/mol. The number of nitrogen functional groups attached to an aromatic ring is 1. The summed E-state index contributed by atoms with van der Waals surface area (Å²) in [6, 6.07) is 2.07. The summed E-state index contributed by atoms with van der Waals surface area (Å²) in [5, 5.41) is 0.743. The number of hydrogen-bond donors (Lipinski definition) is 1. The molecule has 1 rings (SSSR count). The normalized spacial score (nSPS) is 12.2. The maximum absolute atomic E-state index is 5.97. The zero-order chi connectivity index (χ0) is 13.0. The average molecular weight is 295 g/mol. The summed E-state index contributed by atoms with van der Waals surface area (Å²) in [5.41, 5.74) is 11.5. The molecule has 1 heterocycles. The van der Waals surface area contributed by atoms with Gasteiger partial charge in [-0.2, -0.15) is 0 Å². The molecule has 3 heteroatoms. The minimum absolute atomic E-state index is 0.570. The Hall–Kier alpha value is -1.09. The average Bonchev–Trinajstić information content (AvgIpc) is 2.33. The van der Waals surface area contributed by atoms with Crippen LogP contribution in [0.5, 0.6) is 0 Å². The van der Waals surface area contributed by atoms with Gasteiger partial charge in [0.05, 0.1) is 0 Å². The zero-order valence-corrected chi connectivity index (χ0v) is 12.3. The Kier molecular flexibility index (Phi) is 4.94. The monoisotopic (exact) mass is 294 g/mol. The van der Waals surface area contributed by atoms with Crippen LogP contribution in [-0.2, 0) is 0 Å². The van der Waals surface area contributed by atoms with E-state index >= 15 is 0 Å². The van der Waals surface area contributed by atoms with E-state index in [-0.39, 0.29) is 0 Å². The summed E-state index contributed by atoms with van der Waals surface area (Å²) in [7, 11) is 0. The molecule has 2 nitrogen and oxygen atoms in total. The molecule has 0 saturated carbocycles. The summed E-state index contributed by atoms with van der Waals surface area (Å²) in [5.74, 6) is 0.570. The quantitative estimate of drug-likeness (QED) is 0.670. The smallest absolute Gasteiger partial charge is 0.131 e. The fourth-order valence-corrected chi connectivity index (χ4v) is 2.03. The van der Waals surface area contributed by atoms with Crippen molar-refractivity contribution < 1.29 is 0 Å². The number of rotatable bonds is 4. The SMILES string of the molecule is C=C(CBr)C(=C(C)CC)c1cc(C)cnc1N. The zero-order valence-electron chi connectivity index (χ0n) is 10.7. The van der Waals surface area contributed by atoms with Gasteiger partial charge in [-0.3, -0.25) is 0 Å². The van der Waals surface area contributed by atoms with Crippen molar-refractivity contribution >= 4 is 27.3 Å². The van der Waals surface area contributed by atoms with Crippen LogP contribution in [0.1, 0.15) is 31.4 Å². The standard InChI is InChI=1S/C14H19BrN2/c1-5-10(3)13(11(4)7-15)12-6-9(2)8-17-14(12)16/h6,8H,4-5,7H2,1-3H3,(H2,16,17). The third kappa shape index (κ3) is 3.19. The van der Waals surface area contributed by atoms with E-state index in [4.69, 9.17) is 5.73 Å². The van der Waals surface area contributed by atoms with E-state index in [0.29, 0.717) is 5.82 Å². The van der Waals surface area contributed by atoms with Crippen molar-refractivity contribution in [3.05, 3.63) is 41.1 Å². The lowest BCUT2D eigenvalue weighted by atomic mass is 9.94. The van der Waals surface area contributed by atoms with Gasteiger partial charge >= 0.3 is 0 Å². The third-order valence-electron chi connectivity index (χ3n) is 2.80. The molecule has 0 spiro atoms. The summed E-state index contributed by atoms with van der Waals surface area (Å²) in [6.07, 6.45) is 2.77. The van der Waals surface area contributed by atoms with E-state index in [1.54, 1.807) is 6.20 Å². The van der Waals surface area contributed by atoms with Crippen molar-refractivity contribution in [1.29, 1.82) is 0 Å². The minimum Gasteiger partial charge on any atom is -0.383 e. The van der Waals surface area contributed by atoms with Crippen LogP contribution in [0.4, 0.5) is 5.82 Å². The molecule has 92 valence electrons. The molecule has 0 bridgehead atoms. The Morgan fingerprint density at radius 2 is 2.18 bits per heavy atom. The Morgan fingerprint density at radius 3 is 2.71 bits per heavy atom. The van der Waals surface area contributed by atoms with E-state index in [2.05, 4.69) is 47.4 Å². The van der Waals surface area contributed by atoms with Crippen molar-refractivity contribution in [3.63, 3.8) is 0 Å². The van der Waals surface area contributed by atoms with E-state index in [1.807, 2.05) is 6.92 Å². The molecular weight excluding hydrogens is 276 g/mol. The van der Waals surface area contributed by atoms with Crippen molar-refractivity contribution in [2.75, 3.05) is 11.1 Å². The fourth-order valence-electron chi connectivity index (χ4n) is 1.75.